The van der Waals surface area contributed by atoms with Gasteiger partial charge < -0.3 is 4.57 Å². The Hall–Kier alpha value is -1.49. The van der Waals surface area contributed by atoms with E-state index in [1.807, 2.05) is 18.4 Å². The summed E-state index contributed by atoms with van der Waals surface area (Å²) >= 11 is 5.81. The monoisotopic (exact) mass is 285 g/mol. The van der Waals surface area contributed by atoms with Crippen LogP contribution in [0.1, 0.15) is 37.1 Å². The first kappa shape index (κ1) is 13.9. The van der Waals surface area contributed by atoms with E-state index in [1.165, 1.54) is 12.1 Å². The van der Waals surface area contributed by atoms with Crippen molar-refractivity contribution in [2.45, 2.75) is 32.2 Å². The minimum absolute atomic E-state index is 0.157. The molecule has 0 amide bonds. The maximum absolute atomic E-state index is 13.2. The van der Waals surface area contributed by atoms with Crippen molar-refractivity contribution in [2.24, 2.45) is 0 Å². The maximum Gasteiger partial charge on any atom is 0.159 e. The van der Waals surface area contributed by atoms with Gasteiger partial charge in [-0.1, -0.05) is 6.07 Å². The molecular formula is C13H14ClF2N3. The van der Waals surface area contributed by atoms with Crippen LogP contribution in [-0.2, 0) is 12.3 Å². The molecule has 102 valence electrons. The zero-order chi connectivity index (χ0) is 14.0. The lowest BCUT2D eigenvalue weighted by molar-refractivity contribution is 0.506. The van der Waals surface area contributed by atoms with Crippen molar-refractivity contribution in [3.63, 3.8) is 0 Å². The van der Waals surface area contributed by atoms with Crippen LogP contribution in [-0.4, -0.2) is 14.8 Å². The Kier molecular flexibility index (Phi) is 4.14. The van der Waals surface area contributed by atoms with Gasteiger partial charge in [-0.05, 0) is 31.5 Å². The summed E-state index contributed by atoms with van der Waals surface area (Å²) in [6.45, 7) is 3.99. The van der Waals surface area contributed by atoms with Crippen LogP contribution >= 0.6 is 11.6 Å². The van der Waals surface area contributed by atoms with Crippen LogP contribution in [0, 0.1) is 11.6 Å². The smallest absolute Gasteiger partial charge is 0.159 e. The topological polar surface area (TPSA) is 30.7 Å². The summed E-state index contributed by atoms with van der Waals surface area (Å²) in [5.41, 5.74) is 0.648. The molecule has 1 aromatic carbocycles. The van der Waals surface area contributed by atoms with Crippen molar-refractivity contribution in [1.82, 2.24) is 14.8 Å². The first-order valence-corrected chi connectivity index (χ1v) is 6.49. The lowest BCUT2D eigenvalue weighted by Crippen LogP contribution is -2.10. The highest BCUT2D eigenvalue weighted by molar-refractivity contribution is 6.16. The molecule has 0 aliphatic heterocycles. The fourth-order valence-electron chi connectivity index (χ4n) is 2.00. The summed E-state index contributed by atoms with van der Waals surface area (Å²) < 4.78 is 28.0. The van der Waals surface area contributed by atoms with E-state index in [0.29, 0.717) is 23.6 Å². The highest BCUT2D eigenvalue weighted by Crippen LogP contribution is 2.17. The second-order valence-electron chi connectivity index (χ2n) is 4.56. The Morgan fingerprint density at radius 3 is 2.42 bits per heavy atom. The zero-order valence-electron chi connectivity index (χ0n) is 10.7. The highest BCUT2D eigenvalue weighted by atomic mass is 35.5. The average Bonchev–Trinajstić information content (AvgIpc) is 2.77. The number of hydrogen-bond donors (Lipinski definition) is 0. The molecule has 0 saturated heterocycles. The molecule has 1 heterocycles. The molecule has 6 heteroatoms. The average molecular weight is 286 g/mol. The Labute approximate surface area is 115 Å². The van der Waals surface area contributed by atoms with Gasteiger partial charge in [0, 0.05) is 12.5 Å². The number of benzene rings is 1. The maximum atomic E-state index is 13.2. The van der Waals surface area contributed by atoms with Gasteiger partial charge >= 0.3 is 0 Å². The molecule has 0 radical (unpaired) electrons. The first-order chi connectivity index (χ1) is 9.02. The van der Waals surface area contributed by atoms with Crippen molar-refractivity contribution < 1.29 is 8.78 Å². The molecule has 19 heavy (non-hydrogen) atoms. The first-order valence-electron chi connectivity index (χ1n) is 5.95. The predicted molar refractivity (Wildman–Crippen MR) is 69.1 cm³/mol. The molecule has 0 aliphatic rings. The molecule has 0 atom stereocenters. The van der Waals surface area contributed by atoms with Crippen LogP contribution in [0.3, 0.4) is 0 Å². The molecule has 0 N–H and O–H groups in total. The molecule has 1 aromatic heterocycles. The standard InChI is InChI=1S/C13H14ClF2N3/c1-8(2)19-12(17-18-13(19)7-14)6-9-3-4-10(15)11(16)5-9/h3-5,8H,6-7H2,1-2H3. The van der Waals surface area contributed by atoms with E-state index in [4.69, 9.17) is 11.6 Å². The molecule has 2 aromatic rings. The van der Waals surface area contributed by atoms with E-state index in [9.17, 15) is 8.78 Å². The van der Waals surface area contributed by atoms with Crippen molar-refractivity contribution in [3.8, 4) is 0 Å². The summed E-state index contributed by atoms with van der Waals surface area (Å²) in [7, 11) is 0. The third-order valence-electron chi connectivity index (χ3n) is 2.82. The van der Waals surface area contributed by atoms with Crippen LogP contribution in [0.15, 0.2) is 18.2 Å². The lowest BCUT2D eigenvalue weighted by atomic mass is 10.1. The number of hydrogen-bond acceptors (Lipinski definition) is 2. The van der Waals surface area contributed by atoms with Gasteiger partial charge in [-0.25, -0.2) is 8.78 Å². The van der Waals surface area contributed by atoms with Crippen molar-refractivity contribution >= 4 is 11.6 Å². The van der Waals surface area contributed by atoms with E-state index in [2.05, 4.69) is 10.2 Å². The Balaban J connectivity index is 2.32. The van der Waals surface area contributed by atoms with Crippen molar-refractivity contribution in [2.75, 3.05) is 0 Å². The van der Waals surface area contributed by atoms with Crippen LogP contribution < -0.4 is 0 Å². The number of alkyl halides is 1. The molecule has 2 rings (SSSR count). The summed E-state index contributed by atoms with van der Waals surface area (Å²) in [5.74, 6) is -0.0738. The molecule has 3 nitrogen and oxygen atoms in total. The number of aromatic nitrogens is 3. The van der Waals surface area contributed by atoms with E-state index < -0.39 is 11.6 Å². The van der Waals surface area contributed by atoms with Crippen LogP contribution in [0.4, 0.5) is 8.78 Å². The number of rotatable bonds is 4. The Bertz CT molecular complexity index is 581. The summed E-state index contributed by atoms with van der Waals surface area (Å²) in [4.78, 5) is 0. The minimum Gasteiger partial charge on any atom is -0.311 e. The van der Waals surface area contributed by atoms with Gasteiger partial charge in [0.25, 0.3) is 0 Å². The molecule has 0 spiro atoms. The van der Waals surface area contributed by atoms with Crippen LogP contribution in [0.5, 0.6) is 0 Å². The fourth-order valence-corrected chi connectivity index (χ4v) is 2.18. The Morgan fingerprint density at radius 1 is 1.16 bits per heavy atom. The van der Waals surface area contributed by atoms with E-state index in [-0.39, 0.29) is 11.9 Å². The summed E-state index contributed by atoms with van der Waals surface area (Å²) in [6.07, 6.45) is 0.388. The van der Waals surface area contributed by atoms with E-state index >= 15 is 0 Å². The zero-order valence-corrected chi connectivity index (χ0v) is 11.5. The molecule has 0 unspecified atom stereocenters. The third kappa shape index (κ3) is 2.92. The van der Waals surface area contributed by atoms with Gasteiger partial charge in [-0.15, -0.1) is 21.8 Å². The van der Waals surface area contributed by atoms with Crippen LogP contribution in [0.2, 0.25) is 0 Å². The van der Waals surface area contributed by atoms with Gasteiger partial charge in [0.15, 0.2) is 11.6 Å². The van der Waals surface area contributed by atoms with E-state index in [1.54, 1.807) is 0 Å². The summed E-state index contributed by atoms with van der Waals surface area (Å²) in [5, 5.41) is 8.07. The molecule has 0 saturated carbocycles. The second kappa shape index (κ2) is 5.65. The van der Waals surface area contributed by atoms with Gasteiger partial charge in [0.05, 0.1) is 5.88 Å². The predicted octanol–water partition coefficient (Wildman–Crippen LogP) is 3.47. The quantitative estimate of drug-likeness (QED) is 0.806. The molecular weight excluding hydrogens is 272 g/mol. The normalized spacial score (nSPS) is 11.3. The van der Waals surface area contributed by atoms with Crippen LogP contribution in [0.25, 0.3) is 0 Å². The van der Waals surface area contributed by atoms with Crippen molar-refractivity contribution in [3.05, 3.63) is 47.0 Å². The molecule has 0 aliphatic carbocycles. The van der Waals surface area contributed by atoms with Gasteiger partial charge in [0.1, 0.15) is 11.6 Å². The minimum atomic E-state index is -0.856. The number of halogens is 3. The summed E-state index contributed by atoms with van der Waals surface area (Å²) in [6, 6.07) is 3.99. The Morgan fingerprint density at radius 2 is 1.84 bits per heavy atom. The number of nitrogens with zero attached hydrogens (tertiary/aromatic N) is 3. The van der Waals surface area contributed by atoms with Crippen molar-refractivity contribution in [1.29, 1.82) is 0 Å². The van der Waals surface area contributed by atoms with Gasteiger partial charge in [0.2, 0.25) is 0 Å². The lowest BCUT2D eigenvalue weighted by Gasteiger charge is -2.13. The highest BCUT2D eigenvalue weighted by Gasteiger charge is 2.15. The second-order valence-corrected chi connectivity index (χ2v) is 4.82. The van der Waals surface area contributed by atoms with Gasteiger partial charge in [-0.2, -0.15) is 0 Å². The van der Waals surface area contributed by atoms with E-state index in [0.717, 1.165) is 6.07 Å². The largest absolute Gasteiger partial charge is 0.311 e. The third-order valence-corrected chi connectivity index (χ3v) is 3.06. The van der Waals surface area contributed by atoms with Gasteiger partial charge in [-0.3, -0.25) is 0 Å². The fraction of sp³-hybridized carbons (Fsp3) is 0.385. The molecule has 0 bridgehead atoms. The SMILES string of the molecule is CC(C)n1c(CCl)nnc1Cc1ccc(F)c(F)c1. The molecule has 0 fully saturated rings.